The lowest BCUT2D eigenvalue weighted by Gasteiger charge is -2.15. The van der Waals surface area contributed by atoms with E-state index < -0.39 is 0 Å². The molecule has 0 aliphatic carbocycles. The van der Waals surface area contributed by atoms with E-state index in [9.17, 15) is 4.79 Å². The molecule has 0 aliphatic rings. The van der Waals surface area contributed by atoms with Gasteiger partial charge in [0.05, 0.1) is 20.3 Å². The van der Waals surface area contributed by atoms with Crippen LogP contribution in [0.15, 0.2) is 29.8 Å². The monoisotopic (exact) mass is 263 g/mol. The summed E-state index contributed by atoms with van der Waals surface area (Å²) < 4.78 is 10.4. The number of amides is 1. The maximum atomic E-state index is 11.7. The first kappa shape index (κ1) is 15.1. The molecule has 0 heterocycles. The van der Waals surface area contributed by atoms with Crippen molar-refractivity contribution < 1.29 is 14.3 Å². The second-order valence-electron chi connectivity index (χ2n) is 4.57. The minimum atomic E-state index is -0.0951. The van der Waals surface area contributed by atoms with Crippen LogP contribution in [0.4, 0.5) is 0 Å². The molecule has 104 valence electrons. The molecule has 0 saturated heterocycles. The van der Waals surface area contributed by atoms with Gasteiger partial charge in [0.25, 0.3) is 0 Å². The molecule has 1 N–H and O–H groups in total. The van der Waals surface area contributed by atoms with E-state index >= 15 is 0 Å². The zero-order chi connectivity index (χ0) is 14.4. The molecule has 0 saturated carbocycles. The Balaban J connectivity index is 2.85. The third-order valence-corrected chi connectivity index (χ3v) is 2.69. The molecule has 0 aromatic heterocycles. The Morgan fingerprint density at radius 1 is 1.21 bits per heavy atom. The zero-order valence-electron chi connectivity index (χ0n) is 12.1. The lowest BCUT2D eigenvalue weighted by molar-refractivity contribution is -0.117. The minimum absolute atomic E-state index is 0.0945. The van der Waals surface area contributed by atoms with Crippen molar-refractivity contribution >= 4 is 5.91 Å². The average Bonchev–Trinajstić information content (AvgIpc) is 2.36. The molecule has 0 fully saturated rings. The highest BCUT2D eigenvalue weighted by Gasteiger charge is 2.11. The van der Waals surface area contributed by atoms with Gasteiger partial charge < -0.3 is 14.8 Å². The Bertz CT molecular complexity index is 476. The predicted octanol–water partition coefficient (Wildman–Crippen LogP) is 2.85. The largest absolute Gasteiger partial charge is 0.493 e. The van der Waals surface area contributed by atoms with Gasteiger partial charge in [-0.1, -0.05) is 11.6 Å². The van der Waals surface area contributed by atoms with Gasteiger partial charge in [-0.15, -0.1) is 0 Å². The van der Waals surface area contributed by atoms with Gasteiger partial charge in [-0.25, -0.2) is 0 Å². The highest BCUT2D eigenvalue weighted by molar-refractivity contribution is 5.88. The number of allylic oxidation sites excluding steroid dienone is 1. The van der Waals surface area contributed by atoms with Gasteiger partial charge in [-0.05, 0) is 38.5 Å². The van der Waals surface area contributed by atoms with Gasteiger partial charge in [0.2, 0.25) is 5.91 Å². The van der Waals surface area contributed by atoms with Gasteiger partial charge in [-0.3, -0.25) is 4.79 Å². The van der Waals surface area contributed by atoms with E-state index in [1.807, 2.05) is 39.0 Å². The molecule has 4 heteroatoms. The fraction of sp³-hybridized carbons (Fsp3) is 0.400. The third-order valence-electron chi connectivity index (χ3n) is 2.69. The second kappa shape index (κ2) is 6.83. The number of hydrogen-bond acceptors (Lipinski definition) is 3. The van der Waals surface area contributed by atoms with E-state index in [0.717, 1.165) is 11.1 Å². The molecule has 0 aliphatic heterocycles. The van der Waals surface area contributed by atoms with E-state index in [1.54, 1.807) is 20.3 Å². The van der Waals surface area contributed by atoms with Crippen molar-refractivity contribution in [3.05, 3.63) is 35.4 Å². The highest BCUT2D eigenvalue weighted by atomic mass is 16.5. The molecule has 19 heavy (non-hydrogen) atoms. The molecule has 1 atom stereocenters. The maximum absolute atomic E-state index is 11.7. The van der Waals surface area contributed by atoms with Gasteiger partial charge in [-0.2, -0.15) is 0 Å². The number of benzene rings is 1. The predicted molar refractivity (Wildman–Crippen MR) is 75.5 cm³/mol. The molecule has 1 aromatic rings. The maximum Gasteiger partial charge on any atom is 0.244 e. The number of ether oxygens (including phenoxy) is 2. The van der Waals surface area contributed by atoms with Gasteiger partial charge >= 0.3 is 0 Å². The van der Waals surface area contributed by atoms with Crippen molar-refractivity contribution in [3.63, 3.8) is 0 Å². The van der Waals surface area contributed by atoms with Crippen LogP contribution >= 0.6 is 0 Å². The number of hydrogen-bond donors (Lipinski definition) is 1. The van der Waals surface area contributed by atoms with Gasteiger partial charge in [0.15, 0.2) is 11.5 Å². The topological polar surface area (TPSA) is 47.6 Å². The van der Waals surface area contributed by atoms with Crippen LogP contribution in [-0.2, 0) is 4.79 Å². The number of methoxy groups -OCH3 is 2. The first-order valence-corrected chi connectivity index (χ1v) is 6.15. The lowest BCUT2D eigenvalue weighted by Crippen LogP contribution is -2.24. The first-order chi connectivity index (χ1) is 8.97. The Morgan fingerprint density at radius 3 is 2.37 bits per heavy atom. The summed E-state index contributed by atoms with van der Waals surface area (Å²) in [4.78, 5) is 11.7. The molecule has 0 spiro atoms. The summed E-state index contributed by atoms with van der Waals surface area (Å²) in [5, 5.41) is 2.90. The SMILES string of the molecule is COc1ccc(C(C)NC(=O)C=C(C)C)cc1OC. The highest BCUT2D eigenvalue weighted by Crippen LogP contribution is 2.29. The van der Waals surface area contributed by atoms with Crippen molar-refractivity contribution in [3.8, 4) is 11.5 Å². The number of carbonyl (C=O) groups excluding carboxylic acids is 1. The van der Waals surface area contributed by atoms with Crippen molar-refractivity contribution in [2.75, 3.05) is 14.2 Å². The van der Waals surface area contributed by atoms with Crippen LogP contribution in [0, 0.1) is 0 Å². The molecule has 0 radical (unpaired) electrons. The van der Waals surface area contributed by atoms with Crippen molar-refractivity contribution in [1.82, 2.24) is 5.32 Å². The fourth-order valence-electron chi connectivity index (χ4n) is 1.72. The lowest BCUT2D eigenvalue weighted by atomic mass is 10.1. The van der Waals surface area contributed by atoms with Crippen LogP contribution in [0.5, 0.6) is 11.5 Å². The average molecular weight is 263 g/mol. The van der Waals surface area contributed by atoms with E-state index in [4.69, 9.17) is 9.47 Å². The first-order valence-electron chi connectivity index (χ1n) is 6.15. The quantitative estimate of drug-likeness (QED) is 0.831. The van der Waals surface area contributed by atoms with E-state index in [-0.39, 0.29) is 11.9 Å². The zero-order valence-corrected chi connectivity index (χ0v) is 12.1. The summed E-state index contributed by atoms with van der Waals surface area (Å²) in [6.45, 7) is 5.71. The summed E-state index contributed by atoms with van der Waals surface area (Å²) >= 11 is 0. The number of rotatable bonds is 5. The van der Waals surface area contributed by atoms with Crippen molar-refractivity contribution in [2.24, 2.45) is 0 Å². The minimum Gasteiger partial charge on any atom is -0.493 e. The molecule has 1 aromatic carbocycles. The van der Waals surface area contributed by atoms with Crippen molar-refractivity contribution in [2.45, 2.75) is 26.8 Å². The Kier molecular flexibility index (Phi) is 5.42. The van der Waals surface area contributed by atoms with Crippen LogP contribution in [0.25, 0.3) is 0 Å². The smallest absolute Gasteiger partial charge is 0.244 e. The summed E-state index contributed by atoms with van der Waals surface area (Å²) in [7, 11) is 3.19. The summed E-state index contributed by atoms with van der Waals surface area (Å²) in [6.07, 6.45) is 1.58. The van der Waals surface area contributed by atoms with E-state index in [1.165, 1.54) is 0 Å². The summed E-state index contributed by atoms with van der Waals surface area (Å²) in [5.74, 6) is 1.24. The van der Waals surface area contributed by atoms with Crippen LogP contribution in [0.1, 0.15) is 32.4 Å². The van der Waals surface area contributed by atoms with Crippen LogP contribution in [-0.4, -0.2) is 20.1 Å². The molecular formula is C15H21NO3. The molecular weight excluding hydrogens is 242 g/mol. The Morgan fingerprint density at radius 2 is 1.84 bits per heavy atom. The number of nitrogens with one attached hydrogen (secondary N) is 1. The second-order valence-corrected chi connectivity index (χ2v) is 4.57. The molecule has 1 unspecified atom stereocenters. The Hall–Kier alpha value is -1.97. The normalized spacial score (nSPS) is 11.4. The van der Waals surface area contributed by atoms with E-state index in [2.05, 4.69) is 5.32 Å². The van der Waals surface area contributed by atoms with Crippen LogP contribution in [0.3, 0.4) is 0 Å². The standard InChI is InChI=1S/C15H21NO3/c1-10(2)8-15(17)16-11(3)12-6-7-13(18-4)14(9-12)19-5/h6-9,11H,1-5H3,(H,16,17). The fourth-order valence-corrected chi connectivity index (χ4v) is 1.72. The number of carbonyl (C=O) groups is 1. The molecule has 1 amide bonds. The molecule has 0 bridgehead atoms. The van der Waals surface area contributed by atoms with Gasteiger partial charge in [0.1, 0.15) is 0 Å². The van der Waals surface area contributed by atoms with Gasteiger partial charge in [0, 0.05) is 6.08 Å². The van der Waals surface area contributed by atoms with Crippen LogP contribution in [0.2, 0.25) is 0 Å². The third kappa shape index (κ3) is 4.32. The Labute approximate surface area is 114 Å². The molecule has 4 nitrogen and oxygen atoms in total. The van der Waals surface area contributed by atoms with Crippen molar-refractivity contribution in [1.29, 1.82) is 0 Å². The summed E-state index contributed by atoms with van der Waals surface area (Å²) in [6, 6.07) is 5.52. The van der Waals surface area contributed by atoms with Crippen LogP contribution < -0.4 is 14.8 Å². The van der Waals surface area contributed by atoms with E-state index in [0.29, 0.717) is 11.5 Å². The summed E-state index contributed by atoms with van der Waals surface area (Å²) in [5.41, 5.74) is 1.94. The molecule has 1 rings (SSSR count).